The summed E-state index contributed by atoms with van der Waals surface area (Å²) < 4.78 is 3.44. The van der Waals surface area contributed by atoms with Crippen molar-refractivity contribution < 1.29 is 9.12 Å². The van der Waals surface area contributed by atoms with E-state index in [1.165, 1.54) is 44.9 Å². The van der Waals surface area contributed by atoms with Crippen molar-refractivity contribution in [1.29, 1.82) is 0 Å². The summed E-state index contributed by atoms with van der Waals surface area (Å²) in [6.07, 6.45) is 10.6. The lowest BCUT2D eigenvalue weighted by Gasteiger charge is -2.00. The van der Waals surface area contributed by atoms with Crippen LogP contribution in [0.4, 0.5) is 0 Å². The molecule has 15 heavy (non-hydrogen) atoms. The quantitative estimate of drug-likeness (QED) is 0.250. The lowest BCUT2D eigenvalue weighted by atomic mass is 10.1. The van der Waals surface area contributed by atoms with Gasteiger partial charge in [-0.3, -0.25) is 0 Å². The van der Waals surface area contributed by atoms with Gasteiger partial charge in [0, 0.05) is 0 Å². The van der Waals surface area contributed by atoms with Gasteiger partial charge >= 0.3 is 0 Å². The summed E-state index contributed by atoms with van der Waals surface area (Å²) in [5, 5.41) is 0. The minimum absolute atomic E-state index is 0.717. The topological polar surface area (TPSA) is 70.5 Å². The van der Waals surface area contributed by atoms with E-state index in [-0.39, 0.29) is 0 Å². The van der Waals surface area contributed by atoms with Crippen LogP contribution in [0.15, 0.2) is 0 Å². The summed E-state index contributed by atoms with van der Waals surface area (Å²) in [7, 11) is 0. The van der Waals surface area contributed by atoms with E-state index in [0.717, 1.165) is 13.0 Å². The number of unbranched alkanes of at least 4 members (excludes halogenated alkanes) is 7. The first-order chi connectivity index (χ1) is 7.33. The Hall–Kier alpha value is 0.190. The molecule has 0 amide bonds. The Labute approximate surface area is 99.2 Å². The molecule has 0 rings (SSSR count). The average molecular weight is 238 g/mol. The van der Waals surface area contributed by atoms with Gasteiger partial charge in [0.1, 0.15) is 0 Å². The van der Waals surface area contributed by atoms with Crippen molar-refractivity contribution in [2.75, 3.05) is 6.61 Å². The molecule has 0 aromatic rings. The van der Waals surface area contributed by atoms with E-state index in [9.17, 15) is 0 Å². The third-order valence-electron chi connectivity index (χ3n) is 2.12. The largest absolute Gasteiger partial charge is 0.305 e. The zero-order valence-electron chi connectivity index (χ0n) is 9.78. The predicted molar refractivity (Wildman–Crippen MR) is 67.0 cm³/mol. The number of thiol groups is 1. The van der Waals surface area contributed by atoms with Crippen molar-refractivity contribution in [3.63, 3.8) is 0 Å². The number of hydrogen-bond donors (Lipinski definition) is 3. The molecule has 0 saturated carbocycles. The van der Waals surface area contributed by atoms with Crippen LogP contribution in [0.5, 0.6) is 0 Å². The fourth-order valence-electron chi connectivity index (χ4n) is 1.32. The highest BCUT2D eigenvalue weighted by Crippen LogP contribution is 2.07. The standard InChI is InChI=1S/C10H23NO.H3NOS/c1-2-3-4-5-6-7-8-9-10-12-11;1-2-3/h2-11H2,1H3;3H,1H2. The van der Waals surface area contributed by atoms with Crippen LogP contribution in [0.25, 0.3) is 0 Å². The minimum atomic E-state index is 0.717. The van der Waals surface area contributed by atoms with Gasteiger partial charge in [-0.2, -0.15) is 0 Å². The lowest BCUT2D eigenvalue weighted by Crippen LogP contribution is -2.00. The van der Waals surface area contributed by atoms with Gasteiger partial charge in [-0.15, -0.1) is 0 Å². The maximum Gasteiger partial charge on any atom is 0.0679 e. The molecule has 0 aliphatic rings. The van der Waals surface area contributed by atoms with Gasteiger partial charge in [-0.05, 0) is 19.3 Å². The van der Waals surface area contributed by atoms with Crippen molar-refractivity contribution in [3.8, 4) is 0 Å². The Bertz CT molecular complexity index is 87.5. The molecule has 0 saturated heterocycles. The minimum Gasteiger partial charge on any atom is -0.305 e. The highest BCUT2D eigenvalue weighted by Gasteiger charge is 1.90. The van der Waals surface area contributed by atoms with Crippen molar-refractivity contribution >= 4 is 12.9 Å². The van der Waals surface area contributed by atoms with E-state index >= 15 is 0 Å². The third-order valence-corrected chi connectivity index (χ3v) is 2.12. The van der Waals surface area contributed by atoms with E-state index in [2.05, 4.69) is 34.9 Å². The van der Waals surface area contributed by atoms with Crippen LogP contribution in [0.2, 0.25) is 0 Å². The van der Waals surface area contributed by atoms with Gasteiger partial charge < -0.3 is 4.84 Å². The predicted octanol–water partition coefficient (Wildman–Crippen LogP) is 2.74. The van der Waals surface area contributed by atoms with Crippen molar-refractivity contribution in [3.05, 3.63) is 0 Å². The summed E-state index contributed by atoms with van der Waals surface area (Å²) in [4.78, 5) is 4.49. The zero-order chi connectivity index (χ0) is 11.8. The molecule has 0 unspecified atom stereocenters. The molecule has 0 spiro atoms. The van der Waals surface area contributed by atoms with E-state index in [1.807, 2.05) is 0 Å². The van der Waals surface area contributed by atoms with Crippen LogP contribution in [0.1, 0.15) is 58.3 Å². The molecule has 0 heterocycles. The van der Waals surface area contributed by atoms with E-state index < -0.39 is 0 Å². The lowest BCUT2D eigenvalue weighted by molar-refractivity contribution is 0.133. The van der Waals surface area contributed by atoms with Gasteiger partial charge in [-0.25, -0.2) is 16.1 Å². The Balaban J connectivity index is 0. The number of hydrogen-bond acceptors (Lipinski definition) is 5. The van der Waals surface area contributed by atoms with Crippen LogP contribution in [0.3, 0.4) is 0 Å². The number of rotatable bonds is 9. The normalized spacial score (nSPS) is 9.60. The first-order valence-corrected chi connectivity index (χ1v) is 6.01. The second kappa shape index (κ2) is 19.7. The fraction of sp³-hybridized carbons (Fsp3) is 1.00. The van der Waals surface area contributed by atoms with E-state index in [0.29, 0.717) is 0 Å². The fourth-order valence-corrected chi connectivity index (χ4v) is 1.32. The molecule has 4 N–H and O–H groups in total. The van der Waals surface area contributed by atoms with E-state index in [1.54, 1.807) is 0 Å². The third kappa shape index (κ3) is 25.0. The Kier molecular flexibility index (Phi) is 23.1. The molecule has 0 bridgehead atoms. The molecule has 0 aromatic heterocycles. The SMILES string of the molecule is CCCCCCCCCCON.NOS. The van der Waals surface area contributed by atoms with Crippen molar-refractivity contribution in [1.82, 2.24) is 0 Å². The molecule has 94 valence electrons. The first-order valence-electron chi connectivity index (χ1n) is 5.65. The van der Waals surface area contributed by atoms with Gasteiger partial charge in [0.25, 0.3) is 0 Å². The van der Waals surface area contributed by atoms with Gasteiger partial charge in [0.2, 0.25) is 0 Å². The molecule has 0 aliphatic carbocycles. The van der Waals surface area contributed by atoms with E-state index in [4.69, 9.17) is 5.90 Å². The maximum absolute atomic E-state index is 4.91. The summed E-state index contributed by atoms with van der Waals surface area (Å²) in [5.74, 6) is 9.12. The van der Waals surface area contributed by atoms with Gasteiger partial charge in [0.15, 0.2) is 0 Å². The summed E-state index contributed by atoms with van der Waals surface area (Å²) in [6.45, 7) is 2.97. The Morgan fingerprint density at radius 3 is 1.67 bits per heavy atom. The summed E-state index contributed by atoms with van der Waals surface area (Å²) >= 11 is 3.07. The smallest absolute Gasteiger partial charge is 0.0679 e. The first kappa shape index (κ1) is 17.6. The molecular formula is C10H26N2O2S. The van der Waals surface area contributed by atoms with Crippen LogP contribution < -0.4 is 11.8 Å². The molecule has 0 radical (unpaired) electrons. The molecule has 0 atom stereocenters. The van der Waals surface area contributed by atoms with Crippen LogP contribution in [0, 0.1) is 0 Å². The van der Waals surface area contributed by atoms with Crippen molar-refractivity contribution in [2.45, 2.75) is 58.3 Å². The maximum atomic E-state index is 4.91. The monoisotopic (exact) mass is 238 g/mol. The Morgan fingerprint density at radius 1 is 0.867 bits per heavy atom. The zero-order valence-corrected chi connectivity index (χ0v) is 10.7. The highest BCUT2D eigenvalue weighted by molar-refractivity contribution is 7.75. The van der Waals surface area contributed by atoms with Gasteiger partial charge in [0.05, 0.1) is 6.61 Å². The van der Waals surface area contributed by atoms with Crippen LogP contribution >= 0.6 is 12.9 Å². The van der Waals surface area contributed by atoms with Crippen molar-refractivity contribution in [2.24, 2.45) is 11.8 Å². The van der Waals surface area contributed by atoms with Crippen LogP contribution in [-0.2, 0) is 9.12 Å². The molecule has 0 aromatic carbocycles. The second-order valence-electron chi connectivity index (χ2n) is 3.45. The van der Waals surface area contributed by atoms with Gasteiger partial charge in [-0.1, -0.05) is 51.9 Å². The average Bonchev–Trinajstić information content (AvgIpc) is 2.23. The van der Waals surface area contributed by atoms with Crippen LogP contribution in [-0.4, -0.2) is 6.61 Å². The Morgan fingerprint density at radius 2 is 1.27 bits per heavy atom. The molecular weight excluding hydrogens is 212 g/mol. The highest BCUT2D eigenvalue weighted by atomic mass is 32.1. The molecule has 5 heteroatoms. The molecule has 0 aliphatic heterocycles. The second-order valence-corrected chi connectivity index (χ2v) is 3.66. The number of nitrogens with two attached hydrogens (primary N) is 2. The molecule has 0 fully saturated rings. The molecule has 4 nitrogen and oxygen atoms in total. The summed E-state index contributed by atoms with van der Waals surface area (Å²) in [5.41, 5.74) is 0. The summed E-state index contributed by atoms with van der Waals surface area (Å²) in [6, 6.07) is 0.